The van der Waals surface area contributed by atoms with Gasteiger partial charge in [0.2, 0.25) is 0 Å². The molecule has 0 bridgehead atoms. The fourth-order valence-corrected chi connectivity index (χ4v) is 4.18. The van der Waals surface area contributed by atoms with Gasteiger partial charge in [0.05, 0.1) is 0 Å². The quantitative estimate of drug-likeness (QED) is 0.722. The Bertz CT molecular complexity index is 250. The lowest BCUT2D eigenvalue weighted by atomic mass is 9.88. The van der Waals surface area contributed by atoms with Crippen LogP contribution in [0.5, 0.6) is 0 Å². The molecule has 0 aromatic heterocycles. The zero-order valence-electron chi connectivity index (χ0n) is 14.0. The predicted octanol–water partition coefficient (Wildman–Crippen LogP) is 3.17. The standard InChI is InChI=1S/C18H36N2O/c1-2-3-11-20-14-16(8-7-12-21)13-18(15-20)19-17-9-5-4-6-10-17/h16-19,21H,2-15H2,1H3. The van der Waals surface area contributed by atoms with E-state index in [0.717, 1.165) is 18.4 Å². The minimum atomic E-state index is 0.353. The van der Waals surface area contributed by atoms with Gasteiger partial charge in [-0.2, -0.15) is 0 Å². The Hall–Kier alpha value is -0.120. The van der Waals surface area contributed by atoms with Crippen LogP contribution in [0.4, 0.5) is 0 Å². The number of aliphatic hydroxyl groups is 1. The van der Waals surface area contributed by atoms with Crippen molar-refractivity contribution >= 4 is 0 Å². The van der Waals surface area contributed by atoms with Crippen LogP contribution < -0.4 is 5.32 Å². The topological polar surface area (TPSA) is 35.5 Å². The molecule has 0 aromatic rings. The lowest BCUT2D eigenvalue weighted by Crippen LogP contribution is -2.52. The monoisotopic (exact) mass is 296 g/mol. The van der Waals surface area contributed by atoms with E-state index in [1.165, 1.54) is 77.4 Å². The van der Waals surface area contributed by atoms with Gasteiger partial charge in [0.25, 0.3) is 0 Å². The van der Waals surface area contributed by atoms with Gasteiger partial charge in [-0.25, -0.2) is 0 Å². The average Bonchev–Trinajstić information content (AvgIpc) is 2.52. The van der Waals surface area contributed by atoms with Crippen LogP contribution in [0.3, 0.4) is 0 Å². The molecule has 0 spiro atoms. The van der Waals surface area contributed by atoms with Crippen molar-refractivity contribution in [2.75, 3.05) is 26.2 Å². The van der Waals surface area contributed by atoms with E-state index in [-0.39, 0.29) is 0 Å². The Balaban J connectivity index is 1.81. The molecule has 2 atom stereocenters. The van der Waals surface area contributed by atoms with Gasteiger partial charge in [-0.1, -0.05) is 32.6 Å². The molecule has 1 aliphatic carbocycles. The Kier molecular flexibility index (Phi) is 8.05. The molecule has 1 saturated heterocycles. The summed E-state index contributed by atoms with van der Waals surface area (Å²) < 4.78 is 0. The van der Waals surface area contributed by atoms with E-state index in [0.29, 0.717) is 12.6 Å². The molecule has 0 amide bonds. The van der Waals surface area contributed by atoms with Crippen molar-refractivity contribution in [1.82, 2.24) is 10.2 Å². The number of piperidine rings is 1. The highest BCUT2D eigenvalue weighted by molar-refractivity contribution is 4.86. The summed E-state index contributed by atoms with van der Waals surface area (Å²) in [6.07, 6.45) is 13.1. The third kappa shape index (κ3) is 6.25. The summed E-state index contributed by atoms with van der Waals surface area (Å²) >= 11 is 0. The summed E-state index contributed by atoms with van der Waals surface area (Å²) in [6, 6.07) is 1.45. The van der Waals surface area contributed by atoms with Gasteiger partial charge in [0.15, 0.2) is 0 Å². The smallest absolute Gasteiger partial charge is 0.0431 e. The molecular weight excluding hydrogens is 260 g/mol. The highest BCUT2D eigenvalue weighted by Gasteiger charge is 2.28. The predicted molar refractivity (Wildman–Crippen MR) is 89.6 cm³/mol. The SMILES string of the molecule is CCCCN1CC(CCCO)CC(NC2CCCCC2)C1. The molecule has 2 N–H and O–H groups in total. The van der Waals surface area contributed by atoms with Gasteiger partial charge in [0.1, 0.15) is 0 Å². The summed E-state index contributed by atoms with van der Waals surface area (Å²) in [6.45, 7) is 6.39. The van der Waals surface area contributed by atoms with Gasteiger partial charge in [0, 0.05) is 31.8 Å². The van der Waals surface area contributed by atoms with E-state index in [2.05, 4.69) is 17.1 Å². The maximum absolute atomic E-state index is 9.10. The first-order valence-corrected chi connectivity index (χ1v) is 9.41. The summed E-state index contributed by atoms with van der Waals surface area (Å²) in [5.74, 6) is 0.781. The Morgan fingerprint density at radius 3 is 2.57 bits per heavy atom. The molecule has 0 radical (unpaired) electrons. The summed E-state index contributed by atoms with van der Waals surface area (Å²) in [4.78, 5) is 2.68. The molecule has 2 unspecified atom stereocenters. The molecule has 21 heavy (non-hydrogen) atoms. The lowest BCUT2D eigenvalue weighted by Gasteiger charge is -2.40. The van der Waals surface area contributed by atoms with Gasteiger partial charge in [-0.05, 0) is 51.0 Å². The first kappa shape index (κ1) is 17.2. The summed E-state index contributed by atoms with van der Waals surface area (Å²) in [5.41, 5.74) is 0. The van der Waals surface area contributed by atoms with Crippen molar-refractivity contribution in [3.63, 3.8) is 0 Å². The first-order valence-electron chi connectivity index (χ1n) is 9.41. The zero-order chi connectivity index (χ0) is 14.9. The Labute approximate surface area is 131 Å². The minimum absolute atomic E-state index is 0.353. The molecule has 1 heterocycles. The van der Waals surface area contributed by atoms with Crippen LogP contribution in [0.15, 0.2) is 0 Å². The highest BCUT2D eigenvalue weighted by Crippen LogP contribution is 2.24. The molecule has 2 fully saturated rings. The Morgan fingerprint density at radius 2 is 1.86 bits per heavy atom. The van der Waals surface area contributed by atoms with Crippen LogP contribution in [0, 0.1) is 5.92 Å². The van der Waals surface area contributed by atoms with Crippen molar-refractivity contribution in [1.29, 1.82) is 0 Å². The zero-order valence-corrected chi connectivity index (χ0v) is 14.0. The van der Waals surface area contributed by atoms with Crippen LogP contribution in [0.2, 0.25) is 0 Å². The maximum Gasteiger partial charge on any atom is 0.0431 e. The van der Waals surface area contributed by atoms with Gasteiger partial charge >= 0.3 is 0 Å². The van der Waals surface area contributed by atoms with Gasteiger partial charge in [-0.15, -0.1) is 0 Å². The lowest BCUT2D eigenvalue weighted by molar-refractivity contribution is 0.119. The number of unbranched alkanes of at least 4 members (excludes halogenated alkanes) is 1. The van der Waals surface area contributed by atoms with E-state index < -0.39 is 0 Å². The largest absolute Gasteiger partial charge is 0.396 e. The molecule has 3 heteroatoms. The van der Waals surface area contributed by atoms with Crippen molar-refractivity contribution in [3.05, 3.63) is 0 Å². The maximum atomic E-state index is 9.10. The second-order valence-electron chi connectivity index (χ2n) is 7.28. The minimum Gasteiger partial charge on any atom is -0.396 e. The fraction of sp³-hybridized carbons (Fsp3) is 1.00. The van der Waals surface area contributed by atoms with Crippen LogP contribution >= 0.6 is 0 Å². The first-order chi connectivity index (χ1) is 10.3. The molecular formula is C18H36N2O. The van der Waals surface area contributed by atoms with E-state index >= 15 is 0 Å². The molecule has 2 aliphatic rings. The third-order valence-electron chi connectivity index (χ3n) is 5.29. The molecule has 3 nitrogen and oxygen atoms in total. The number of hydrogen-bond donors (Lipinski definition) is 2. The third-order valence-corrected chi connectivity index (χ3v) is 5.29. The molecule has 0 aromatic carbocycles. The second kappa shape index (κ2) is 9.81. The molecule has 2 rings (SSSR count). The van der Waals surface area contributed by atoms with Crippen LogP contribution in [-0.4, -0.2) is 48.3 Å². The number of rotatable bonds is 8. The molecule has 124 valence electrons. The summed E-state index contributed by atoms with van der Waals surface area (Å²) in [7, 11) is 0. The number of nitrogens with one attached hydrogen (secondary N) is 1. The van der Waals surface area contributed by atoms with E-state index in [1.807, 2.05) is 0 Å². The highest BCUT2D eigenvalue weighted by atomic mass is 16.2. The molecule has 1 aliphatic heterocycles. The van der Waals surface area contributed by atoms with E-state index in [1.54, 1.807) is 0 Å². The Morgan fingerprint density at radius 1 is 1.05 bits per heavy atom. The average molecular weight is 296 g/mol. The fourth-order valence-electron chi connectivity index (χ4n) is 4.18. The number of nitrogens with zero attached hydrogens (tertiary/aromatic N) is 1. The molecule has 1 saturated carbocycles. The second-order valence-corrected chi connectivity index (χ2v) is 7.28. The number of aliphatic hydroxyl groups excluding tert-OH is 1. The van der Waals surface area contributed by atoms with Crippen LogP contribution in [0.25, 0.3) is 0 Å². The van der Waals surface area contributed by atoms with Gasteiger partial charge < -0.3 is 15.3 Å². The number of likely N-dealkylation sites (tertiary alicyclic amines) is 1. The van der Waals surface area contributed by atoms with E-state index in [4.69, 9.17) is 5.11 Å². The van der Waals surface area contributed by atoms with Crippen LogP contribution in [0.1, 0.15) is 71.1 Å². The van der Waals surface area contributed by atoms with Crippen molar-refractivity contribution in [2.24, 2.45) is 5.92 Å². The van der Waals surface area contributed by atoms with Crippen molar-refractivity contribution < 1.29 is 5.11 Å². The van der Waals surface area contributed by atoms with E-state index in [9.17, 15) is 0 Å². The summed E-state index contributed by atoms with van der Waals surface area (Å²) in [5, 5.41) is 13.1. The van der Waals surface area contributed by atoms with Crippen molar-refractivity contribution in [2.45, 2.75) is 83.2 Å². The van der Waals surface area contributed by atoms with Crippen LogP contribution in [-0.2, 0) is 0 Å². The van der Waals surface area contributed by atoms with Crippen molar-refractivity contribution in [3.8, 4) is 0 Å². The van der Waals surface area contributed by atoms with Gasteiger partial charge in [-0.3, -0.25) is 0 Å². The normalized spacial score (nSPS) is 28.9. The number of hydrogen-bond acceptors (Lipinski definition) is 3.